The minimum atomic E-state index is -0.211. The quantitative estimate of drug-likeness (QED) is 0.324. The largest absolute Gasteiger partial charge is 0.437 e. The van der Waals surface area contributed by atoms with E-state index in [1.54, 1.807) is 0 Å². The lowest BCUT2D eigenvalue weighted by atomic mass is 9.63. The van der Waals surface area contributed by atoms with E-state index in [4.69, 9.17) is 12.3 Å². The van der Waals surface area contributed by atoms with Gasteiger partial charge in [0.15, 0.2) is 12.6 Å². The van der Waals surface area contributed by atoms with Gasteiger partial charge in [-0.3, -0.25) is 0 Å². The fourth-order valence-electron chi connectivity index (χ4n) is 4.98. The molecule has 0 bridgehead atoms. The van der Waals surface area contributed by atoms with Crippen LogP contribution in [0.25, 0.3) is 38.5 Å². The molecule has 0 saturated heterocycles. The summed E-state index contributed by atoms with van der Waals surface area (Å²) in [4.78, 5) is 4.60. The monoisotopic (exact) mass is 366 g/mol. The molecule has 0 amide bonds. The highest BCUT2D eigenvalue weighted by atomic mass is 16.3. The molecule has 0 N–H and O–H groups in total. The normalized spacial score (nSPS) is 16.8. The van der Waals surface area contributed by atoms with Crippen molar-refractivity contribution >= 4 is 46.3 Å². The van der Waals surface area contributed by atoms with E-state index in [0.717, 1.165) is 51.3 Å². The molecule has 0 spiro atoms. The molecule has 1 fully saturated rings. The van der Waals surface area contributed by atoms with Gasteiger partial charge in [0, 0.05) is 22.5 Å². The van der Waals surface area contributed by atoms with Crippen molar-refractivity contribution in [3.8, 4) is 0 Å². The van der Waals surface area contributed by atoms with Gasteiger partial charge in [-0.05, 0) is 48.1 Å². The fourth-order valence-corrected chi connectivity index (χ4v) is 4.98. The van der Waals surface area contributed by atoms with E-state index in [2.05, 4.69) is 57.8 Å². The maximum Gasteiger partial charge on any atom is 0.243 e. The number of aromatic nitrogens is 3. The molecule has 0 atom stereocenters. The molecule has 6 rings (SSSR count). The molecule has 4 heterocycles. The highest BCUT2D eigenvalue weighted by Crippen LogP contribution is 2.40. The molecule has 28 heavy (non-hydrogen) atoms. The molecule has 1 saturated carbocycles. The third kappa shape index (κ3) is 2.02. The number of hydrogen-bond acceptors (Lipinski definition) is 2. The van der Waals surface area contributed by atoms with E-state index in [0.29, 0.717) is 5.71 Å². The molecule has 0 unspecified atom stereocenters. The molecule has 1 aromatic carbocycles. The molecule has 2 radical (unpaired) electrons. The Hall–Kier alpha value is -2.82. The van der Waals surface area contributed by atoms with Crippen LogP contribution in [0.15, 0.2) is 47.0 Å². The van der Waals surface area contributed by atoms with Crippen LogP contribution in [0.1, 0.15) is 36.9 Å². The molecular weight excluding hydrogens is 345 g/mol. The summed E-state index contributed by atoms with van der Waals surface area (Å²) in [7, 11) is 8.85. The van der Waals surface area contributed by atoms with Crippen molar-refractivity contribution in [2.75, 3.05) is 0 Å². The van der Waals surface area contributed by atoms with Crippen LogP contribution in [0.3, 0.4) is 0 Å². The van der Waals surface area contributed by atoms with Gasteiger partial charge in [-0.2, -0.15) is 0 Å². The summed E-state index contributed by atoms with van der Waals surface area (Å²) in [5.74, 6) is 0. The van der Waals surface area contributed by atoms with Crippen molar-refractivity contribution in [3.05, 3.63) is 53.9 Å². The zero-order valence-electron chi connectivity index (χ0n) is 16.2. The lowest BCUT2D eigenvalue weighted by Crippen LogP contribution is -2.34. The van der Waals surface area contributed by atoms with E-state index in [1.165, 1.54) is 18.4 Å². The summed E-state index contributed by atoms with van der Waals surface area (Å²) in [5, 5.41) is 3.08. The van der Waals surface area contributed by atoms with Crippen LogP contribution in [-0.2, 0) is 12.4 Å². The van der Waals surface area contributed by atoms with Crippen LogP contribution in [0.4, 0.5) is 0 Å². The summed E-state index contributed by atoms with van der Waals surface area (Å²) in [6, 6.07) is 12.9. The minimum absolute atomic E-state index is 0.211. The number of fused-ring (bicyclic) bond motifs is 7. The number of pyridine rings is 2. The van der Waals surface area contributed by atoms with Crippen LogP contribution in [0.5, 0.6) is 0 Å². The molecule has 4 nitrogen and oxygen atoms in total. The van der Waals surface area contributed by atoms with E-state index < -0.39 is 0 Å². The number of benzene rings is 1. The fraction of sp³-hybridized carbons (Fsp3) is 0.304. The van der Waals surface area contributed by atoms with Gasteiger partial charge in [0.2, 0.25) is 11.2 Å². The van der Waals surface area contributed by atoms with Gasteiger partial charge in [-0.25, -0.2) is 4.98 Å². The minimum Gasteiger partial charge on any atom is -0.437 e. The van der Waals surface area contributed by atoms with Crippen LogP contribution < -0.4 is 4.68 Å². The lowest BCUT2D eigenvalue weighted by Gasteiger charge is -2.24. The predicted molar refractivity (Wildman–Crippen MR) is 112 cm³/mol. The zero-order chi connectivity index (χ0) is 19.0. The van der Waals surface area contributed by atoms with E-state index >= 15 is 0 Å². The molecule has 0 aliphatic heterocycles. The summed E-state index contributed by atoms with van der Waals surface area (Å²) >= 11 is 0. The van der Waals surface area contributed by atoms with Crippen LogP contribution in [-0.4, -0.2) is 17.3 Å². The molecule has 5 aromatic rings. The first kappa shape index (κ1) is 16.2. The summed E-state index contributed by atoms with van der Waals surface area (Å²) in [6.07, 6.45) is 6.65. The maximum absolute atomic E-state index is 6.76. The number of rotatable bonds is 1. The Morgan fingerprint density at radius 3 is 2.71 bits per heavy atom. The molecule has 5 heteroatoms. The number of hydrogen-bond donors (Lipinski definition) is 0. The van der Waals surface area contributed by atoms with Crippen molar-refractivity contribution in [1.82, 2.24) is 9.50 Å². The Balaban J connectivity index is 1.75. The Kier molecular flexibility index (Phi) is 3.10. The second-order valence-corrected chi connectivity index (χ2v) is 8.28. The third-order valence-corrected chi connectivity index (χ3v) is 6.56. The second kappa shape index (κ2) is 5.37. The molecule has 4 aromatic heterocycles. The lowest BCUT2D eigenvalue weighted by molar-refractivity contribution is -0.713. The van der Waals surface area contributed by atoms with Crippen molar-refractivity contribution in [1.29, 1.82) is 0 Å². The predicted octanol–water partition coefficient (Wildman–Crippen LogP) is 4.46. The number of furan rings is 1. The van der Waals surface area contributed by atoms with Gasteiger partial charge in [-0.15, -0.1) is 9.20 Å². The van der Waals surface area contributed by atoms with E-state index in [1.807, 2.05) is 13.0 Å². The first-order valence-electron chi connectivity index (χ1n) is 9.97. The Bertz CT molecular complexity index is 1410. The number of aryl methyl sites for hydroxylation is 2. The first-order chi connectivity index (χ1) is 13.5. The van der Waals surface area contributed by atoms with Gasteiger partial charge in [0.1, 0.15) is 10.9 Å². The van der Waals surface area contributed by atoms with Gasteiger partial charge < -0.3 is 4.42 Å². The highest BCUT2D eigenvalue weighted by molar-refractivity contribution is 6.18. The standard InChI is InChI=1S/C23H21BN3O/c1-14-5-6-17-16-7-8-18-20(21(16)28-22(17)25-14)19-13-15(9-12-27(19)26(18)2)23(24)10-3-4-11-23/h5-9,12-13H,3-4,10-11H2,1-2H3/q+1. The smallest absolute Gasteiger partial charge is 0.243 e. The first-order valence-corrected chi connectivity index (χ1v) is 9.97. The Morgan fingerprint density at radius 2 is 1.89 bits per heavy atom. The maximum atomic E-state index is 6.76. The van der Waals surface area contributed by atoms with Crippen LogP contribution >= 0.6 is 0 Å². The Morgan fingerprint density at radius 1 is 1.11 bits per heavy atom. The summed E-state index contributed by atoms with van der Waals surface area (Å²) in [6.45, 7) is 1.99. The zero-order valence-corrected chi connectivity index (χ0v) is 16.2. The van der Waals surface area contributed by atoms with Crippen molar-refractivity contribution < 1.29 is 9.10 Å². The topological polar surface area (TPSA) is 34.3 Å². The summed E-state index contributed by atoms with van der Waals surface area (Å²) < 4.78 is 10.6. The third-order valence-electron chi connectivity index (χ3n) is 6.56. The second-order valence-electron chi connectivity index (χ2n) is 8.28. The van der Waals surface area contributed by atoms with Crippen molar-refractivity contribution in [3.63, 3.8) is 0 Å². The van der Waals surface area contributed by atoms with Gasteiger partial charge in [0.25, 0.3) is 0 Å². The van der Waals surface area contributed by atoms with Gasteiger partial charge in [0.05, 0.1) is 14.0 Å². The van der Waals surface area contributed by atoms with Crippen LogP contribution in [0, 0.1) is 6.92 Å². The Labute approximate surface area is 164 Å². The molecule has 1 aliphatic rings. The number of nitrogens with zero attached hydrogens (tertiary/aromatic N) is 3. The van der Waals surface area contributed by atoms with Crippen molar-refractivity contribution in [2.45, 2.75) is 37.9 Å². The van der Waals surface area contributed by atoms with E-state index in [-0.39, 0.29) is 5.31 Å². The van der Waals surface area contributed by atoms with Gasteiger partial charge >= 0.3 is 0 Å². The average Bonchev–Trinajstić information content (AvgIpc) is 3.36. The highest BCUT2D eigenvalue weighted by Gasteiger charge is 2.31. The van der Waals surface area contributed by atoms with E-state index in [9.17, 15) is 0 Å². The SMILES string of the molecule is [B]C1(c2ccn3c(c2)c2c4oc5nc(C)ccc5c4ccc2[n+]3C)CCCC1. The average molecular weight is 366 g/mol. The van der Waals surface area contributed by atoms with Crippen molar-refractivity contribution in [2.24, 2.45) is 7.05 Å². The molecule has 1 aliphatic carbocycles. The summed E-state index contributed by atoms with van der Waals surface area (Å²) in [5.41, 5.74) is 6.05. The van der Waals surface area contributed by atoms with Crippen LogP contribution in [0.2, 0.25) is 0 Å². The van der Waals surface area contributed by atoms with Gasteiger partial charge in [-0.1, -0.05) is 25.7 Å². The molecular formula is C23H21BN3O+. The molecule has 136 valence electrons.